The molecular formula is C17H24ClFN2. The van der Waals surface area contributed by atoms with Crippen molar-refractivity contribution < 1.29 is 4.39 Å². The van der Waals surface area contributed by atoms with Crippen molar-refractivity contribution in [2.45, 2.75) is 57.0 Å². The zero-order valence-corrected chi connectivity index (χ0v) is 13.1. The minimum atomic E-state index is -0.247. The van der Waals surface area contributed by atoms with Crippen LogP contribution in [-0.4, -0.2) is 18.6 Å². The van der Waals surface area contributed by atoms with E-state index in [1.807, 2.05) is 0 Å². The van der Waals surface area contributed by atoms with Crippen LogP contribution in [0.25, 0.3) is 0 Å². The van der Waals surface area contributed by atoms with E-state index in [-0.39, 0.29) is 5.82 Å². The van der Waals surface area contributed by atoms with Crippen molar-refractivity contribution in [3.05, 3.63) is 29.0 Å². The Morgan fingerprint density at radius 3 is 2.67 bits per heavy atom. The molecule has 3 rings (SSSR count). The molecule has 1 aliphatic carbocycles. The number of benzene rings is 1. The Labute approximate surface area is 131 Å². The third-order valence-electron chi connectivity index (χ3n) is 4.98. The molecule has 2 aliphatic rings. The van der Waals surface area contributed by atoms with Gasteiger partial charge in [0, 0.05) is 12.1 Å². The smallest absolute Gasteiger partial charge is 0.147 e. The van der Waals surface area contributed by atoms with Crippen LogP contribution < -0.4 is 10.6 Å². The van der Waals surface area contributed by atoms with Crippen LogP contribution in [0.15, 0.2) is 18.2 Å². The normalized spacial score (nSPS) is 30.1. The summed E-state index contributed by atoms with van der Waals surface area (Å²) in [6, 6.07) is 5.78. The average molecular weight is 311 g/mol. The highest BCUT2D eigenvalue weighted by Crippen LogP contribution is 2.34. The first kappa shape index (κ1) is 15.1. The summed E-state index contributed by atoms with van der Waals surface area (Å²) in [7, 11) is 0. The number of hydrogen-bond donors (Lipinski definition) is 2. The van der Waals surface area contributed by atoms with Crippen LogP contribution in [0, 0.1) is 11.7 Å². The first-order valence-corrected chi connectivity index (χ1v) is 8.57. The van der Waals surface area contributed by atoms with E-state index in [2.05, 4.69) is 10.6 Å². The molecule has 2 N–H and O–H groups in total. The fraction of sp³-hybridized carbons (Fsp3) is 0.647. The minimum Gasteiger partial charge on any atom is -0.378 e. The summed E-state index contributed by atoms with van der Waals surface area (Å²) >= 11 is 6.16. The van der Waals surface area contributed by atoms with E-state index in [9.17, 15) is 4.39 Å². The van der Waals surface area contributed by atoms with Gasteiger partial charge in [-0.1, -0.05) is 36.9 Å². The van der Waals surface area contributed by atoms with Gasteiger partial charge in [0.05, 0.1) is 10.7 Å². The quantitative estimate of drug-likeness (QED) is 0.853. The highest BCUT2D eigenvalue weighted by atomic mass is 35.5. The zero-order valence-electron chi connectivity index (χ0n) is 12.4. The van der Waals surface area contributed by atoms with E-state index in [4.69, 9.17) is 11.6 Å². The lowest BCUT2D eigenvalue weighted by Gasteiger charge is -2.40. The topological polar surface area (TPSA) is 24.1 Å². The van der Waals surface area contributed by atoms with Gasteiger partial charge < -0.3 is 10.6 Å². The summed E-state index contributed by atoms with van der Waals surface area (Å²) in [5, 5.41) is 7.57. The van der Waals surface area contributed by atoms with E-state index in [1.165, 1.54) is 44.6 Å². The molecule has 0 radical (unpaired) electrons. The van der Waals surface area contributed by atoms with Gasteiger partial charge in [-0.15, -0.1) is 0 Å². The summed E-state index contributed by atoms with van der Waals surface area (Å²) in [6.45, 7) is 1.12. The maximum Gasteiger partial charge on any atom is 0.147 e. The molecule has 1 heterocycles. The number of para-hydroxylation sites is 1. The van der Waals surface area contributed by atoms with Crippen LogP contribution in [0.4, 0.5) is 10.1 Å². The number of halogens is 2. The Balaban J connectivity index is 1.74. The van der Waals surface area contributed by atoms with Crippen LogP contribution in [0.3, 0.4) is 0 Å². The van der Waals surface area contributed by atoms with Crippen LogP contribution >= 0.6 is 11.6 Å². The number of anilines is 1. The van der Waals surface area contributed by atoms with Crippen molar-refractivity contribution in [1.29, 1.82) is 0 Å². The molecule has 0 bridgehead atoms. The molecule has 0 spiro atoms. The van der Waals surface area contributed by atoms with Gasteiger partial charge in [0.25, 0.3) is 0 Å². The first-order valence-electron chi connectivity index (χ1n) is 8.19. The molecule has 3 atom stereocenters. The standard InChI is InChI=1S/C17H24ClFN2/c18-13-7-5-8-14(19)17(13)21-16-10-2-1-6-12(16)15-9-3-4-11-20-15/h5,7-8,12,15-16,20-21H,1-4,6,9-11H2. The maximum absolute atomic E-state index is 14.0. The second-order valence-corrected chi connectivity index (χ2v) is 6.76. The summed E-state index contributed by atoms with van der Waals surface area (Å²) in [5.41, 5.74) is 0.479. The van der Waals surface area contributed by atoms with Crippen molar-refractivity contribution in [3.8, 4) is 0 Å². The lowest BCUT2D eigenvalue weighted by molar-refractivity contribution is 0.217. The van der Waals surface area contributed by atoms with Gasteiger partial charge in [-0.05, 0) is 50.3 Å². The molecule has 21 heavy (non-hydrogen) atoms. The predicted octanol–water partition coefficient (Wildman–Crippen LogP) is 4.59. The Kier molecular flexibility index (Phi) is 5.02. The molecule has 4 heteroatoms. The molecule has 1 saturated carbocycles. The Hall–Kier alpha value is -0.800. The van der Waals surface area contributed by atoms with Gasteiger partial charge in [0.1, 0.15) is 5.82 Å². The van der Waals surface area contributed by atoms with Crippen LogP contribution in [-0.2, 0) is 0 Å². The Bertz CT molecular complexity index is 454. The van der Waals surface area contributed by atoms with Crippen molar-refractivity contribution in [1.82, 2.24) is 5.32 Å². The van der Waals surface area contributed by atoms with Crippen molar-refractivity contribution in [2.75, 3.05) is 11.9 Å². The Morgan fingerprint density at radius 2 is 1.90 bits per heavy atom. The third kappa shape index (κ3) is 3.51. The van der Waals surface area contributed by atoms with Gasteiger partial charge in [-0.25, -0.2) is 4.39 Å². The maximum atomic E-state index is 14.0. The number of nitrogens with one attached hydrogen (secondary N) is 2. The molecule has 116 valence electrons. The van der Waals surface area contributed by atoms with Gasteiger partial charge in [0.2, 0.25) is 0 Å². The SMILES string of the molecule is Fc1cccc(Cl)c1NC1CCCCC1C1CCCCN1. The molecule has 0 amide bonds. The molecule has 1 saturated heterocycles. The summed E-state index contributed by atoms with van der Waals surface area (Å²) < 4.78 is 14.0. The fourth-order valence-electron chi connectivity index (χ4n) is 3.89. The second kappa shape index (κ2) is 6.97. The van der Waals surface area contributed by atoms with Crippen molar-refractivity contribution in [3.63, 3.8) is 0 Å². The van der Waals surface area contributed by atoms with Crippen molar-refractivity contribution in [2.24, 2.45) is 5.92 Å². The van der Waals surface area contributed by atoms with E-state index in [1.54, 1.807) is 12.1 Å². The van der Waals surface area contributed by atoms with Crippen LogP contribution in [0.1, 0.15) is 44.9 Å². The lowest BCUT2D eigenvalue weighted by Crippen LogP contribution is -2.48. The minimum absolute atomic E-state index is 0.247. The fourth-order valence-corrected chi connectivity index (χ4v) is 4.10. The molecule has 1 aliphatic heterocycles. The molecular weight excluding hydrogens is 287 g/mol. The molecule has 2 fully saturated rings. The number of rotatable bonds is 3. The van der Waals surface area contributed by atoms with Gasteiger partial charge in [-0.3, -0.25) is 0 Å². The highest BCUT2D eigenvalue weighted by molar-refractivity contribution is 6.33. The van der Waals surface area contributed by atoms with Gasteiger partial charge in [-0.2, -0.15) is 0 Å². The van der Waals surface area contributed by atoms with E-state index >= 15 is 0 Å². The van der Waals surface area contributed by atoms with E-state index < -0.39 is 0 Å². The van der Waals surface area contributed by atoms with Gasteiger partial charge in [0.15, 0.2) is 0 Å². The molecule has 1 aromatic rings. The molecule has 1 aromatic carbocycles. The largest absolute Gasteiger partial charge is 0.378 e. The number of hydrogen-bond acceptors (Lipinski definition) is 2. The molecule has 2 nitrogen and oxygen atoms in total. The van der Waals surface area contributed by atoms with Crippen molar-refractivity contribution >= 4 is 17.3 Å². The third-order valence-corrected chi connectivity index (χ3v) is 5.29. The highest BCUT2D eigenvalue weighted by Gasteiger charge is 2.33. The van der Waals surface area contributed by atoms with E-state index in [0.29, 0.717) is 28.7 Å². The molecule has 3 unspecified atom stereocenters. The van der Waals surface area contributed by atoms with E-state index in [0.717, 1.165) is 13.0 Å². The first-order chi connectivity index (χ1) is 10.3. The monoisotopic (exact) mass is 310 g/mol. The zero-order chi connectivity index (χ0) is 14.7. The average Bonchev–Trinajstić information content (AvgIpc) is 2.52. The Morgan fingerprint density at radius 1 is 1.10 bits per heavy atom. The molecule has 0 aromatic heterocycles. The number of piperidine rings is 1. The second-order valence-electron chi connectivity index (χ2n) is 6.35. The van der Waals surface area contributed by atoms with Crippen LogP contribution in [0.2, 0.25) is 5.02 Å². The van der Waals surface area contributed by atoms with Gasteiger partial charge >= 0.3 is 0 Å². The summed E-state index contributed by atoms with van der Waals surface area (Å²) in [4.78, 5) is 0. The summed E-state index contributed by atoms with van der Waals surface area (Å²) in [5.74, 6) is 0.332. The lowest BCUT2D eigenvalue weighted by atomic mass is 9.77. The predicted molar refractivity (Wildman–Crippen MR) is 86.4 cm³/mol. The van der Waals surface area contributed by atoms with Crippen LogP contribution in [0.5, 0.6) is 0 Å². The summed E-state index contributed by atoms with van der Waals surface area (Å²) in [6.07, 6.45) is 8.66.